The lowest BCUT2D eigenvalue weighted by Gasteiger charge is -2.26. The van der Waals surface area contributed by atoms with Crippen LogP contribution in [0.15, 0.2) is 90.0 Å². The molecule has 0 aliphatic carbocycles. The summed E-state index contributed by atoms with van der Waals surface area (Å²) in [4.78, 5) is 0. The molecule has 0 heterocycles. The lowest BCUT2D eigenvalue weighted by Crippen LogP contribution is -2.20. The molecule has 31 heavy (non-hydrogen) atoms. The van der Waals surface area contributed by atoms with E-state index in [1.54, 1.807) is 0 Å². The van der Waals surface area contributed by atoms with Crippen molar-refractivity contribution in [3.63, 3.8) is 0 Å². The van der Waals surface area contributed by atoms with Crippen molar-refractivity contribution >= 4 is 11.8 Å². The van der Waals surface area contributed by atoms with Crippen molar-refractivity contribution in [1.82, 2.24) is 5.32 Å². The number of nitrogens with one attached hydrogen (secondary N) is 2. The Labute approximate surface area is 191 Å². The monoisotopic (exact) mass is 418 g/mol. The van der Waals surface area contributed by atoms with Gasteiger partial charge in [-0.25, -0.2) is 0 Å². The molecule has 0 amide bonds. The molecule has 2 heteroatoms. The molecule has 0 spiro atoms. The van der Waals surface area contributed by atoms with Gasteiger partial charge < -0.3 is 10.6 Å². The number of rotatable bonds is 8. The Morgan fingerprint density at radius 1 is 0.968 bits per heavy atom. The maximum Gasteiger partial charge on any atom is 0.0453 e. The summed E-state index contributed by atoms with van der Waals surface area (Å²) in [7, 11) is 0. The number of hydrogen-bond donors (Lipinski definition) is 2. The fourth-order valence-corrected chi connectivity index (χ4v) is 2.89. The van der Waals surface area contributed by atoms with E-state index in [0.29, 0.717) is 0 Å². The van der Waals surface area contributed by atoms with Crippen molar-refractivity contribution in [3.8, 4) is 0 Å². The highest BCUT2D eigenvalue weighted by atomic mass is 14.9. The Balaban J connectivity index is 3.29. The van der Waals surface area contributed by atoms with E-state index in [0.717, 1.165) is 28.2 Å². The van der Waals surface area contributed by atoms with Crippen molar-refractivity contribution < 1.29 is 0 Å². The van der Waals surface area contributed by atoms with Gasteiger partial charge in [0.1, 0.15) is 0 Å². The summed E-state index contributed by atoms with van der Waals surface area (Å²) in [5.74, 6) is 0. The van der Waals surface area contributed by atoms with E-state index >= 15 is 0 Å². The molecule has 1 rings (SSSR count). The molecule has 0 unspecified atom stereocenters. The normalized spacial score (nSPS) is 13.5. The van der Waals surface area contributed by atoms with Gasteiger partial charge in [0, 0.05) is 23.3 Å². The van der Waals surface area contributed by atoms with Crippen LogP contribution < -0.4 is 10.6 Å². The van der Waals surface area contributed by atoms with Gasteiger partial charge >= 0.3 is 0 Å². The predicted molar refractivity (Wildman–Crippen MR) is 141 cm³/mol. The van der Waals surface area contributed by atoms with Gasteiger partial charge in [0.15, 0.2) is 0 Å². The molecule has 0 aliphatic heterocycles. The predicted octanol–water partition coefficient (Wildman–Crippen LogP) is 8.62. The van der Waals surface area contributed by atoms with Crippen LogP contribution in [0.1, 0.15) is 67.9 Å². The Hall–Kier alpha value is -2.74. The summed E-state index contributed by atoms with van der Waals surface area (Å²) in [6.07, 6.45) is 10.6. The van der Waals surface area contributed by atoms with Crippen LogP contribution in [-0.4, -0.2) is 0 Å². The number of anilines is 1. The quantitative estimate of drug-likeness (QED) is 0.413. The van der Waals surface area contributed by atoms with E-state index in [1.165, 1.54) is 11.1 Å². The molecule has 0 fully saturated rings. The first-order chi connectivity index (χ1) is 14.2. The lowest BCUT2D eigenvalue weighted by molar-refractivity contribution is 0.503. The van der Waals surface area contributed by atoms with Crippen LogP contribution in [0.2, 0.25) is 0 Å². The zero-order valence-corrected chi connectivity index (χ0v) is 21.1. The molecule has 0 saturated heterocycles. The van der Waals surface area contributed by atoms with E-state index in [9.17, 15) is 0 Å². The second kappa shape index (κ2) is 11.0. The maximum atomic E-state index is 4.30. The fraction of sp³-hybridized carbons (Fsp3) is 0.379. The molecule has 0 saturated carbocycles. The largest absolute Gasteiger partial charge is 0.361 e. The molecule has 2 N–H and O–H groups in total. The van der Waals surface area contributed by atoms with Crippen LogP contribution in [0.3, 0.4) is 0 Å². The molecule has 1 aromatic carbocycles. The van der Waals surface area contributed by atoms with Crippen LogP contribution in [0.4, 0.5) is 5.69 Å². The van der Waals surface area contributed by atoms with E-state index in [1.807, 2.05) is 36.5 Å². The first-order valence-electron chi connectivity index (χ1n) is 10.9. The highest BCUT2D eigenvalue weighted by Gasteiger charge is 2.20. The second-order valence-electron chi connectivity index (χ2n) is 10.4. The number of benzene rings is 1. The van der Waals surface area contributed by atoms with Gasteiger partial charge in [-0.15, -0.1) is 0 Å². The first kappa shape index (κ1) is 26.3. The molecule has 0 atom stereocenters. The van der Waals surface area contributed by atoms with Gasteiger partial charge in [0.05, 0.1) is 0 Å². The van der Waals surface area contributed by atoms with Crippen molar-refractivity contribution in [2.24, 2.45) is 10.8 Å². The Morgan fingerprint density at radius 3 is 2.10 bits per heavy atom. The lowest BCUT2D eigenvalue weighted by atomic mass is 9.82. The third-order valence-corrected chi connectivity index (χ3v) is 4.67. The van der Waals surface area contributed by atoms with Crippen LogP contribution in [0.25, 0.3) is 6.08 Å². The zero-order valence-electron chi connectivity index (χ0n) is 21.1. The molecular formula is C29H42N2. The third kappa shape index (κ3) is 9.29. The van der Waals surface area contributed by atoms with Crippen LogP contribution in [0, 0.1) is 10.8 Å². The summed E-state index contributed by atoms with van der Waals surface area (Å²) in [5, 5.41) is 6.97. The molecule has 168 valence electrons. The van der Waals surface area contributed by atoms with Crippen molar-refractivity contribution in [1.29, 1.82) is 0 Å². The van der Waals surface area contributed by atoms with E-state index in [4.69, 9.17) is 0 Å². The Kier molecular flexibility index (Phi) is 9.37. The summed E-state index contributed by atoms with van der Waals surface area (Å²) < 4.78 is 0. The zero-order chi connectivity index (χ0) is 23.8. The molecule has 0 radical (unpaired) electrons. The molecule has 0 aromatic heterocycles. The van der Waals surface area contributed by atoms with Crippen molar-refractivity contribution in [2.45, 2.75) is 62.3 Å². The molecule has 2 nitrogen and oxygen atoms in total. The van der Waals surface area contributed by atoms with Crippen molar-refractivity contribution in [2.75, 3.05) is 5.32 Å². The van der Waals surface area contributed by atoms with Gasteiger partial charge in [0.2, 0.25) is 0 Å². The van der Waals surface area contributed by atoms with Crippen LogP contribution in [-0.2, 0) is 0 Å². The number of hydrogen-bond acceptors (Lipinski definition) is 2. The maximum absolute atomic E-state index is 4.30. The highest BCUT2D eigenvalue weighted by Crippen LogP contribution is 2.31. The average Bonchev–Trinajstić information content (AvgIpc) is 2.63. The summed E-state index contributed by atoms with van der Waals surface area (Å²) >= 11 is 0. The van der Waals surface area contributed by atoms with E-state index in [-0.39, 0.29) is 10.8 Å². The number of para-hydroxylation sites is 1. The fourth-order valence-electron chi connectivity index (χ4n) is 2.89. The minimum Gasteiger partial charge on any atom is -0.361 e. The molecule has 1 aromatic rings. The number of allylic oxidation sites excluding steroid dienone is 6. The van der Waals surface area contributed by atoms with Gasteiger partial charge in [-0.2, -0.15) is 0 Å². The Morgan fingerprint density at radius 2 is 1.58 bits per heavy atom. The minimum absolute atomic E-state index is 0.0188. The van der Waals surface area contributed by atoms with Crippen LogP contribution in [0.5, 0.6) is 0 Å². The highest BCUT2D eigenvalue weighted by molar-refractivity contribution is 5.66. The first-order valence-corrected chi connectivity index (χ1v) is 10.9. The standard InChI is InChI=1S/C29H42N2/c1-12-24-15-13-14-16-26(24)30-20-22(4)23(5)31-27(19-21(2)3)25(29(9,10)11)17-18-28(6,7)8/h12-20,30-31H,1,5H2,2-4,6-11H3/b18-17+,22-20+,27-25-. The third-order valence-electron chi connectivity index (χ3n) is 4.67. The summed E-state index contributed by atoms with van der Waals surface area (Å²) in [6.45, 7) is 27.9. The van der Waals surface area contributed by atoms with Gasteiger partial charge in [-0.3, -0.25) is 0 Å². The van der Waals surface area contributed by atoms with E-state index < -0.39 is 0 Å². The summed E-state index contributed by atoms with van der Waals surface area (Å²) in [5.41, 5.74) is 7.65. The summed E-state index contributed by atoms with van der Waals surface area (Å²) in [6, 6.07) is 8.10. The van der Waals surface area contributed by atoms with Gasteiger partial charge in [0.25, 0.3) is 0 Å². The Bertz CT molecular complexity index is 903. The topological polar surface area (TPSA) is 24.1 Å². The minimum atomic E-state index is -0.0188. The van der Waals surface area contributed by atoms with Gasteiger partial charge in [-0.1, -0.05) is 96.7 Å². The smallest absolute Gasteiger partial charge is 0.0453 e. The molecular weight excluding hydrogens is 376 g/mol. The van der Waals surface area contributed by atoms with Crippen LogP contribution >= 0.6 is 0 Å². The molecule has 0 bridgehead atoms. The second-order valence-corrected chi connectivity index (χ2v) is 10.4. The average molecular weight is 419 g/mol. The van der Waals surface area contributed by atoms with E-state index in [2.05, 4.69) is 104 Å². The molecule has 0 aliphatic rings. The SMILES string of the molecule is C=Cc1ccccc1N/C=C(\C)C(=C)N/C(C=C(C)C)=C(/C=C/C(C)(C)C)C(C)(C)C. The van der Waals surface area contributed by atoms with Gasteiger partial charge in [-0.05, 0) is 60.5 Å². The van der Waals surface area contributed by atoms with Crippen molar-refractivity contribution in [3.05, 3.63) is 95.5 Å².